The molecule has 0 bridgehead atoms. The number of fused-ring (bicyclic) bond motifs is 1. The summed E-state index contributed by atoms with van der Waals surface area (Å²) in [4.78, 5) is 19.9. The second kappa shape index (κ2) is 7.33. The first kappa shape index (κ1) is 19.7. The fourth-order valence-electron chi connectivity index (χ4n) is 3.45. The van der Waals surface area contributed by atoms with Crippen molar-refractivity contribution in [3.8, 4) is 11.1 Å². The largest absolute Gasteiger partial charge is 0.433 e. The molecule has 0 saturated carbocycles. The van der Waals surface area contributed by atoms with Crippen molar-refractivity contribution >= 4 is 17.4 Å². The first-order valence-electron chi connectivity index (χ1n) is 9.16. The van der Waals surface area contributed by atoms with Gasteiger partial charge in [-0.25, -0.2) is 4.98 Å². The summed E-state index contributed by atoms with van der Waals surface area (Å²) in [5.41, 5.74) is 10.1. The van der Waals surface area contributed by atoms with E-state index in [1.165, 1.54) is 12.3 Å². The number of hydrogen-bond acceptors (Lipinski definition) is 5. The normalized spacial score (nSPS) is 13.1. The molecule has 4 N–H and O–H groups in total. The molecule has 0 fully saturated rings. The number of aryl methyl sites for hydroxylation is 1. The van der Waals surface area contributed by atoms with Crippen LogP contribution in [0.2, 0.25) is 0 Å². The summed E-state index contributed by atoms with van der Waals surface area (Å²) in [6.45, 7) is 2.62. The Bertz CT molecular complexity index is 1130. The first-order valence-corrected chi connectivity index (χ1v) is 9.16. The molecule has 1 aromatic carbocycles. The molecule has 1 aliphatic rings. The maximum Gasteiger partial charge on any atom is 0.433 e. The van der Waals surface area contributed by atoms with Crippen LogP contribution in [-0.2, 0) is 19.3 Å². The number of alkyl halides is 3. The van der Waals surface area contributed by atoms with Crippen LogP contribution in [0.4, 0.5) is 24.7 Å². The number of benzene rings is 1. The minimum absolute atomic E-state index is 0.182. The molecule has 3 heterocycles. The lowest BCUT2D eigenvalue weighted by Gasteiger charge is -2.13. The van der Waals surface area contributed by atoms with Gasteiger partial charge in [0.2, 0.25) is 0 Å². The van der Waals surface area contributed by atoms with E-state index in [0.717, 1.165) is 28.3 Å². The molecule has 154 valence electrons. The maximum absolute atomic E-state index is 12.6. The Morgan fingerprint density at radius 1 is 1.13 bits per heavy atom. The fourth-order valence-corrected chi connectivity index (χ4v) is 3.45. The van der Waals surface area contributed by atoms with Crippen molar-refractivity contribution < 1.29 is 18.0 Å². The van der Waals surface area contributed by atoms with Crippen LogP contribution < -0.4 is 16.4 Å². The predicted molar refractivity (Wildman–Crippen MR) is 107 cm³/mol. The van der Waals surface area contributed by atoms with Gasteiger partial charge in [0, 0.05) is 36.7 Å². The number of anilines is 2. The van der Waals surface area contributed by atoms with E-state index >= 15 is 0 Å². The van der Waals surface area contributed by atoms with Crippen LogP contribution in [0.3, 0.4) is 0 Å². The Hall–Kier alpha value is -3.62. The minimum Gasteiger partial charge on any atom is -0.398 e. The highest BCUT2D eigenvalue weighted by molar-refractivity contribution is 6.05. The van der Waals surface area contributed by atoms with Gasteiger partial charge in [-0.15, -0.1) is 0 Å². The van der Waals surface area contributed by atoms with Crippen molar-refractivity contribution in [3.63, 3.8) is 0 Å². The van der Waals surface area contributed by atoms with Crippen LogP contribution in [0.1, 0.15) is 32.7 Å². The molecule has 0 unspecified atom stereocenters. The predicted octanol–water partition coefficient (Wildman–Crippen LogP) is 3.91. The van der Waals surface area contributed by atoms with Gasteiger partial charge in [0.25, 0.3) is 5.91 Å². The van der Waals surface area contributed by atoms with Gasteiger partial charge in [-0.05, 0) is 47.4 Å². The summed E-state index contributed by atoms with van der Waals surface area (Å²) in [6.07, 6.45) is -1.56. The van der Waals surface area contributed by atoms with Crippen molar-refractivity contribution in [1.82, 2.24) is 15.3 Å². The van der Waals surface area contributed by atoms with E-state index in [4.69, 9.17) is 5.73 Å². The quantitative estimate of drug-likeness (QED) is 0.564. The Balaban J connectivity index is 1.53. The lowest BCUT2D eigenvalue weighted by atomic mass is 9.94. The third-order valence-corrected chi connectivity index (χ3v) is 4.99. The summed E-state index contributed by atoms with van der Waals surface area (Å²) < 4.78 is 37.8. The highest BCUT2D eigenvalue weighted by atomic mass is 19.4. The van der Waals surface area contributed by atoms with Crippen molar-refractivity contribution in [3.05, 3.63) is 70.7 Å². The monoisotopic (exact) mass is 413 g/mol. The highest BCUT2D eigenvalue weighted by Gasteiger charge is 2.32. The Labute approximate surface area is 170 Å². The summed E-state index contributed by atoms with van der Waals surface area (Å²) in [5.74, 6) is 0.399. The zero-order valence-electron chi connectivity index (χ0n) is 16.0. The maximum atomic E-state index is 12.6. The average Bonchev–Trinajstić information content (AvgIpc) is 3.10. The molecule has 30 heavy (non-hydrogen) atoms. The molecule has 2 aromatic heterocycles. The number of rotatable bonds is 4. The van der Waals surface area contributed by atoms with E-state index in [9.17, 15) is 18.0 Å². The topological polar surface area (TPSA) is 92.9 Å². The van der Waals surface area contributed by atoms with Gasteiger partial charge in [-0.3, -0.25) is 9.78 Å². The average molecular weight is 413 g/mol. The fraction of sp³-hybridized carbons (Fsp3) is 0.190. The number of halogens is 3. The molecule has 9 heteroatoms. The van der Waals surface area contributed by atoms with Gasteiger partial charge in [-0.1, -0.05) is 12.1 Å². The second-order valence-electron chi connectivity index (χ2n) is 7.03. The smallest absolute Gasteiger partial charge is 0.398 e. The number of nitrogens with two attached hydrogens (primary N) is 1. The number of hydrogen-bond donors (Lipinski definition) is 3. The number of nitrogens with zero attached hydrogens (tertiary/aromatic N) is 2. The van der Waals surface area contributed by atoms with Crippen LogP contribution in [0.15, 0.2) is 42.7 Å². The molecule has 0 spiro atoms. The minimum atomic E-state index is -4.46. The Kier molecular flexibility index (Phi) is 4.81. The van der Waals surface area contributed by atoms with E-state index in [0.29, 0.717) is 29.2 Å². The summed E-state index contributed by atoms with van der Waals surface area (Å²) in [6, 6.07) is 7.77. The van der Waals surface area contributed by atoms with Gasteiger partial charge < -0.3 is 16.4 Å². The van der Waals surface area contributed by atoms with E-state index in [1.54, 1.807) is 12.3 Å². The van der Waals surface area contributed by atoms with Gasteiger partial charge >= 0.3 is 6.18 Å². The third-order valence-electron chi connectivity index (χ3n) is 4.99. The van der Waals surface area contributed by atoms with Crippen molar-refractivity contribution in [1.29, 1.82) is 0 Å². The molecule has 0 atom stereocenters. The molecule has 1 amide bonds. The zero-order chi connectivity index (χ0) is 21.5. The standard InChI is InChI=1S/C21H18F3N5O/c1-11-6-18(27-8-12-2-5-17(26-7-12)21(22,23)24)28-9-14(11)13-3-4-16(25)19-15(13)10-29-20(19)30/h2-7,9H,8,10,25H2,1H3,(H,27,28)(H,29,30). The third kappa shape index (κ3) is 3.66. The molecule has 0 radical (unpaired) electrons. The molecule has 6 nitrogen and oxygen atoms in total. The summed E-state index contributed by atoms with van der Waals surface area (Å²) in [5, 5.41) is 5.88. The van der Waals surface area contributed by atoms with Crippen LogP contribution in [0.5, 0.6) is 0 Å². The number of nitrogen functional groups attached to an aromatic ring is 1. The van der Waals surface area contributed by atoms with Gasteiger partial charge in [0.1, 0.15) is 11.5 Å². The number of carbonyl (C=O) groups excluding carboxylic acids is 1. The van der Waals surface area contributed by atoms with Gasteiger partial charge in [0.05, 0.1) is 5.56 Å². The van der Waals surface area contributed by atoms with Crippen LogP contribution in [0.25, 0.3) is 11.1 Å². The number of aromatic nitrogens is 2. The molecule has 4 rings (SSSR count). The SMILES string of the molecule is Cc1cc(NCc2ccc(C(F)(F)F)nc2)ncc1-c1ccc(N)c2c1CNC2=O. The Morgan fingerprint density at radius 2 is 1.93 bits per heavy atom. The van der Waals surface area contributed by atoms with Crippen LogP contribution >= 0.6 is 0 Å². The summed E-state index contributed by atoms with van der Waals surface area (Å²) >= 11 is 0. The molecule has 0 aliphatic carbocycles. The van der Waals surface area contributed by atoms with Crippen LogP contribution in [0, 0.1) is 6.92 Å². The van der Waals surface area contributed by atoms with Crippen LogP contribution in [-0.4, -0.2) is 15.9 Å². The Morgan fingerprint density at radius 3 is 2.60 bits per heavy atom. The number of nitrogens with one attached hydrogen (secondary N) is 2. The van der Waals surface area contributed by atoms with E-state index < -0.39 is 11.9 Å². The zero-order valence-corrected chi connectivity index (χ0v) is 16.0. The lowest BCUT2D eigenvalue weighted by Crippen LogP contribution is -2.13. The number of carbonyl (C=O) groups is 1. The lowest BCUT2D eigenvalue weighted by molar-refractivity contribution is -0.141. The van der Waals surface area contributed by atoms with Gasteiger partial charge in [0.15, 0.2) is 0 Å². The van der Waals surface area contributed by atoms with Crippen molar-refractivity contribution in [2.45, 2.75) is 26.2 Å². The van der Waals surface area contributed by atoms with Crippen molar-refractivity contribution in [2.24, 2.45) is 0 Å². The highest BCUT2D eigenvalue weighted by Crippen LogP contribution is 2.34. The summed E-state index contributed by atoms with van der Waals surface area (Å²) in [7, 11) is 0. The van der Waals surface area contributed by atoms with E-state index in [2.05, 4.69) is 20.6 Å². The van der Waals surface area contributed by atoms with Crippen molar-refractivity contribution in [2.75, 3.05) is 11.1 Å². The van der Waals surface area contributed by atoms with E-state index in [-0.39, 0.29) is 12.5 Å². The molecule has 1 aliphatic heterocycles. The van der Waals surface area contributed by atoms with Gasteiger partial charge in [-0.2, -0.15) is 13.2 Å². The second-order valence-corrected chi connectivity index (χ2v) is 7.03. The van der Waals surface area contributed by atoms with E-state index in [1.807, 2.05) is 19.1 Å². The first-order chi connectivity index (χ1) is 14.2. The molecular weight excluding hydrogens is 395 g/mol. The molecule has 0 saturated heterocycles. The molecule has 3 aromatic rings. The number of pyridine rings is 2. The molecular formula is C21H18F3N5O. The number of amides is 1.